The minimum Gasteiger partial charge on any atom is -0.317 e. The van der Waals surface area contributed by atoms with E-state index in [4.69, 9.17) is 0 Å². The fraction of sp³-hybridized carbons (Fsp3) is 1.00. The summed E-state index contributed by atoms with van der Waals surface area (Å²) in [6.07, 6.45) is 5.48. The molecule has 2 N–H and O–H groups in total. The minimum absolute atomic E-state index is 0.561. The van der Waals surface area contributed by atoms with Gasteiger partial charge in [-0.2, -0.15) is 0 Å². The molecule has 72 valence electrons. The van der Waals surface area contributed by atoms with Gasteiger partial charge in [0.25, 0.3) is 0 Å². The van der Waals surface area contributed by atoms with Crippen molar-refractivity contribution >= 4 is 0 Å². The van der Waals surface area contributed by atoms with Crippen LogP contribution in [-0.4, -0.2) is 25.2 Å². The van der Waals surface area contributed by atoms with E-state index in [1.807, 2.05) is 13.8 Å². The predicted molar refractivity (Wildman–Crippen MR) is 53.4 cm³/mol. The molecule has 1 spiro atoms. The molecular weight excluding hydrogens is 148 g/mol. The molecule has 0 amide bonds. The van der Waals surface area contributed by atoms with Gasteiger partial charge in [-0.3, -0.25) is 0 Å². The van der Waals surface area contributed by atoms with Gasteiger partial charge in [0, 0.05) is 5.54 Å². The molecule has 2 saturated heterocycles. The highest BCUT2D eigenvalue weighted by molar-refractivity contribution is 4.95. The molecule has 0 unspecified atom stereocenters. The van der Waals surface area contributed by atoms with Gasteiger partial charge in [-0.15, -0.1) is 0 Å². The molecule has 2 nitrogen and oxygen atoms in total. The van der Waals surface area contributed by atoms with Crippen molar-refractivity contribution in [2.45, 2.75) is 45.1 Å². The van der Waals surface area contributed by atoms with Crippen molar-refractivity contribution < 1.29 is 0 Å². The topological polar surface area (TPSA) is 24.1 Å². The Balaban J connectivity index is 0.000000336. The summed E-state index contributed by atoms with van der Waals surface area (Å²) in [4.78, 5) is 0. The molecule has 2 fully saturated rings. The number of piperidine rings is 1. The molecule has 0 radical (unpaired) electrons. The zero-order valence-corrected chi connectivity index (χ0v) is 8.45. The highest BCUT2D eigenvalue weighted by atomic mass is 15.0. The fourth-order valence-corrected chi connectivity index (χ4v) is 2.20. The zero-order chi connectivity index (χ0) is 8.86. The number of hydrogen-bond donors (Lipinski definition) is 2. The third-order valence-electron chi connectivity index (χ3n) is 2.89. The van der Waals surface area contributed by atoms with Crippen LogP contribution in [0, 0.1) is 0 Å². The Morgan fingerprint density at radius 1 is 0.917 bits per heavy atom. The largest absolute Gasteiger partial charge is 0.317 e. The lowest BCUT2D eigenvalue weighted by Crippen LogP contribution is -2.48. The van der Waals surface area contributed by atoms with Gasteiger partial charge in [-0.1, -0.05) is 13.8 Å². The van der Waals surface area contributed by atoms with Crippen molar-refractivity contribution in [1.29, 1.82) is 0 Å². The van der Waals surface area contributed by atoms with E-state index in [-0.39, 0.29) is 0 Å². The Labute approximate surface area is 76.1 Å². The van der Waals surface area contributed by atoms with Crippen molar-refractivity contribution in [3.63, 3.8) is 0 Å². The molecule has 12 heavy (non-hydrogen) atoms. The summed E-state index contributed by atoms with van der Waals surface area (Å²) in [5.74, 6) is 0. The minimum atomic E-state index is 0.561. The van der Waals surface area contributed by atoms with Gasteiger partial charge < -0.3 is 10.6 Å². The van der Waals surface area contributed by atoms with Gasteiger partial charge in [0.15, 0.2) is 0 Å². The summed E-state index contributed by atoms with van der Waals surface area (Å²) in [5, 5.41) is 7.03. The molecule has 0 aromatic carbocycles. The van der Waals surface area contributed by atoms with E-state index in [9.17, 15) is 0 Å². The third kappa shape index (κ3) is 2.20. The van der Waals surface area contributed by atoms with Crippen molar-refractivity contribution in [1.82, 2.24) is 10.6 Å². The first-order chi connectivity index (χ1) is 5.91. The molecule has 2 heteroatoms. The molecule has 2 heterocycles. The first-order valence-corrected chi connectivity index (χ1v) is 5.37. The quantitative estimate of drug-likeness (QED) is 0.576. The Kier molecular flexibility index (Phi) is 4.02. The summed E-state index contributed by atoms with van der Waals surface area (Å²) >= 11 is 0. The van der Waals surface area contributed by atoms with Gasteiger partial charge >= 0.3 is 0 Å². The molecule has 0 aromatic rings. The maximum absolute atomic E-state index is 3.63. The van der Waals surface area contributed by atoms with Gasteiger partial charge in [0.05, 0.1) is 0 Å². The van der Waals surface area contributed by atoms with E-state index in [1.54, 1.807) is 0 Å². The number of rotatable bonds is 0. The van der Waals surface area contributed by atoms with Crippen molar-refractivity contribution in [3.05, 3.63) is 0 Å². The Hall–Kier alpha value is -0.0800. The van der Waals surface area contributed by atoms with Gasteiger partial charge in [0.1, 0.15) is 0 Å². The number of hydrogen-bond acceptors (Lipinski definition) is 2. The molecular formula is C10H22N2. The molecule has 0 bridgehead atoms. The SMILES string of the molecule is C1CNC2(C1)CCNCC2.CC. The van der Waals surface area contributed by atoms with E-state index in [2.05, 4.69) is 10.6 Å². The standard InChI is InChI=1S/C8H16N2.C2H6/c1-2-8(10-5-1)3-6-9-7-4-8;1-2/h9-10H,1-7H2;1-2H3. The van der Waals surface area contributed by atoms with Crippen LogP contribution in [0.1, 0.15) is 39.5 Å². The number of nitrogens with one attached hydrogen (secondary N) is 2. The smallest absolute Gasteiger partial charge is 0.0206 e. The van der Waals surface area contributed by atoms with Crippen LogP contribution in [0.3, 0.4) is 0 Å². The summed E-state index contributed by atoms with van der Waals surface area (Å²) < 4.78 is 0. The van der Waals surface area contributed by atoms with E-state index in [0.717, 1.165) is 0 Å². The summed E-state index contributed by atoms with van der Waals surface area (Å²) in [6.45, 7) is 7.68. The molecule has 0 atom stereocenters. The van der Waals surface area contributed by atoms with Crippen molar-refractivity contribution in [2.24, 2.45) is 0 Å². The Morgan fingerprint density at radius 3 is 2.08 bits per heavy atom. The average Bonchev–Trinajstić information content (AvgIpc) is 2.58. The second-order valence-electron chi connectivity index (χ2n) is 3.56. The molecule has 0 aliphatic carbocycles. The molecule has 0 saturated carbocycles. The normalized spacial score (nSPS) is 26.5. The molecule has 2 aliphatic heterocycles. The second-order valence-corrected chi connectivity index (χ2v) is 3.56. The summed E-state index contributed by atoms with van der Waals surface area (Å²) in [7, 11) is 0. The van der Waals surface area contributed by atoms with Crippen LogP contribution < -0.4 is 10.6 Å². The molecule has 0 aromatic heterocycles. The third-order valence-corrected chi connectivity index (χ3v) is 2.89. The van der Waals surface area contributed by atoms with E-state index >= 15 is 0 Å². The monoisotopic (exact) mass is 170 g/mol. The van der Waals surface area contributed by atoms with Crippen LogP contribution in [0.2, 0.25) is 0 Å². The van der Waals surface area contributed by atoms with Crippen LogP contribution >= 0.6 is 0 Å². The average molecular weight is 170 g/mol. The van der Waals surface area contributed by atoms with E-state index in [1.165, 1.54) is 45.3 Å². The lowest BCUT2D eigenvalue weighted by atomic mass is 9.87. The Morgan fingerprint density at radius 2 is 1.58 bits per heavy atom. The van der Waals surface area contributed by atoms with Crippen molar-refractivity contribution in [2.75, 3.05) is 19.6 Å². The predicted octanol–water partition coefficient (Wildman–Crippen LogP) is 1.52. The van der Waals surface area contributed by atoms with Crippen molar-refractivity contribution in [3.8, 4) is 0 Å². The van der Waals surface area contributed by atoms with Gasteiger partial charge in [0.2, 0.25) is 0 Å². The lowest BCUT2D eigenvalue weighted by Gasteiger charge is -2.33. The second kappa shape index (κ2) is 4.83. The van der Waals surface area contributed by atoms with Crippen LogP contribution in [0.4, 0.5) is 0 Å². The van der Waals surface area contributed by atoms with Crippen LogP contribution in [0.5, 0.6) is 0 Å². The lowest BCUT2D eigenvalue weighted by molar-refractivity contribution is 0.277. The molecule has 2 rings (SSSR count). The van der Waals surface area contributed by atoms with E-state index in [0.29, 0.717) is 5.54 Å². The first kappa shape index (κ1) is 10.0. The van der Waals surface area contributed by atoms with Gasteiger partial charge in [-0.25, -0.2) is 0 Å². The molecule has 2 aliphatic rings. The summed E-state index contributed by atoms with van der Waals surface area (Å²) in [5.41, 5.74) is 0.561. The fourth-order valence-electron chi connectivity index (χ4n) is 2.20. The van der Waals surface area contributed by atoms with Crippen LogP contribution in [0.15, 0.2) is 0 Å². The van der Waals surface area contributed by atoms with Crippen LogP contribution in [-0.2, 0) is 0 Å². The Bertz CT molecular complexity index is 109. The highest BCUT2D eigenvalue weighted by Crippen LogP contribution is 2.27. The highest BCUT2D eigenvalue weighted by Gasteiger charge is 2.33. The van der Waals surface area contributed by atoms with Gasteiger partial charge in [-0.05, 0) is 45.3 Å². The zero-order valence-electron chi connectivity index (χ0n) is 8.45. The van der Waals surface area contributed by atoms with E-state index < -0.39 is 0 Å². The maximum atomic E-state index is 3.63. The summed E-state index contributed by atoms with van der Waals surface area (Å²) in [6, 6.07) is 0. The van der Waals surface area contributed by atoms with Crippen LogP contribution in [0.25, 0.3) is 0 Å². The maximum Gasteiger partial charge on any atom is 0.0206 e. The first-order valence-electron chi connectivity index (χ1n) is 5.37.